The quantitative estimate of drug-likeness (QED) is 0.743. The van der Waals surface area contributed by atoms with Crippen LogP contribution in [0.25, 0.3) is 0 Å². The second kappa shape index (κ2) is 3.46. The predicted octanol–water partition coefficient (Wildman–Crippen LogP) is 0.828. The molecule has 3 atom stereocenters. The van der Waals surface area contributed by atoms with Gasteiger partial charge in [-0.1, -0.05) is 12.1 Å². The van der Waals surface area contributed by atoms with Crippen LogP contribution in [0.1, 0.15) is 5.48 Å². The van der Waals surface area contributed by atoms with Crippen LogP contribution in [-0.4, -0.2) is 31.6 Å². The van der Waals surface area contributed by atoms with Gasteiger partial charge in [0.2, 0.25) is 0 Å². The minimum absolute atomic E-state index is 0.0565. The fraction of sp³-hybridized carbons (Fsp3) is 0.364. The molecule has 0 aliphatic carbocycles. The van der Waals surface area contributed by atoms with Gasteiger partial charge in [0.25, 0.3) is 0 Å². The van der Waals surface area contributed by atoms with Gasteiger partial charge in [0.05, 0.1) is 12.0 Å². The van der Waals surface area contributed by atoms with Gasteiger partial charge < -0.3 is 14.8 Å². The Balaban J connectivity index is 1.83. The van der Waals surface area contributed by atoms with Crippen LogP contribution in [0, 0.1) is 0 Å². The molecular weight excluding hydrogens is 192 g/mol. The normalized spacial score (nSPS) is 36.8. The fourth-order valence-electron chi connectivity index (χ4n) is 1.50. The Bertz CT molecular complexity index is 552. The summed E-state index contributed by atoms with van der Waals surface area (Å²) in [5.41, 5.74) is 0. The second-order valence-corrected chi connectivity index (χ2v) is 3.20. The number of amidine groups is 1. The Morgan fingerprint density at radius 3 is 3.13 bits per heavy atom. The summed E-state index contributed by atoms with van der Waals surface area (Å²) in [5.74, 6) is 1.24. The standard InChI is InChI=1S/C11H12N2O2/c1-2-4-9-8(3-1)14-7-10(15-9)11-12-5-6-13-11/h1-4,10H,5-7H2,(H,12,13)/i1D,2D,5D,6D. The summed E-state index contributed by atoms with van der Waals surface area (Å²) in [6.45, 7) is -1.44. The van der Waals surface area contributed by atoms with E-state index in [2.05, 4.69) is 10.3 Å². The van der Waals surface area contributed by atoms with Crippen LogP contribution in [0.4, 0.5) is 0 Å². The molecule has 0 bridgehead atoms. The van der Waals surface area contributed by atoms with Crippen LogP contribution in [0.3, 0.4) is 0 Å². The Morgan fingerprint density at radius 2 is 2.33 bits per heavy atom. The van der Waals surface area contributed by atoms with E-state index in [1.165, 1.54) is 12.1 Å². The van der Waals surface area contributed by atoms with Crippen LogP contribution in [0.5, 0.6) is 11.5 Å². The molecule has 1 aromatic carbocycles. The highest BCUT2D eigenvalue weighted by molar-refractivity contribution is 5.88. The van der Waals surface area contributed by atoms with Crippen molar-refractivity contribution in [2.24, 2.45) is 4.99 Å². The lowest BCUT2D eigenvalue weighted by Crippen LogP contribution is -2.42. The van der Waals surface area contributed by atoms with E-state index in [0.29, 0.717) is 17.3 Å². The van der Waals surface area contributed by atoms with E-state index in [1.807, 2.05) is 0 Å². The summed E-state index contributed by atoms with van der Waals surface area (Å²) < 4.78 is 41.3. The summed E-state index contributed by atoms with van der Waals surface area (Å²) in [6, 6.07) is 3.00. The van der Waals surface area contributed by atoms with Crippen LogP contribution < -0.4 is 14.8 Å². The van der Waals surface area contributed by atoms with Gasteiger partial charge in [-0.3, -0.25) is 4.99 Å². The third-order valence-electron chi connectivity index (χ3n) is 2.22. The molecule has 4 nitrogen and oxygen atoms in total. The minimum Gasteiger partial charge on any atom is -0.485 e. The topological polar surface area (TPSA) is 42.8 Å². The molecule has 15 heavy (non-hydrogen) atoms. The Morgan fingerprint density at radius 1 is 1.47 bits per heavy atom. The number of hydrogen-bond donors (Lipinski definition) is 1. The molecule has 2 aliphatic rings. The van der Waals surface area contributed by atoms with Crippen molar-refractivity contribution in [1.82, 2.24) is 5.32 Å². The molecule has 0 radical (unpaired) electrons. The molecule has 0 amide bonds. The van der Waals surface area contributed by atoms with Crippen LogP contribution in [-0.2, 0) is 0 Å². The smallest absolute Gasteiger partial charge is 0.189 e. The van der Waals surface area contributed by atoms with E-state index < -0.39 is 19.1 Å². The van der Waals surface area contributed by atoms with Crippen LogP contribution >= 0.6 is 0 Å². The van der Waals surface area contributed by atoms with E-state index in [0.717, 1.165) is 0 Å². The fourth-order valence-corrected chi connectivity index (χ4v) is 1.50. The van der Waals surface area contributed by atoms with Crippen molar-refractivity contribution in [3.05, 3.63) is 24.2 Å². The molecule has 0 spiro atoms. The first-order valence-electron chi connectivity index (χ1n) is 6.79. The zero-order valence-electron chi connectivity index (χ0n) is 11.9. The number of benzene rings is 1. The molecule has 0 saturated heterocycles. The van der Waals surface area contributed by atoms with Crippen molar-refractivity contribution >= 4 is 5.84 Å². The average molecular weight is 208 g/mol. The maximum absolute atomic E-state index is 7.57. The highest BCUT2D eigenvalue weighted by atomic mass is 16.6. The van der Waals surface area contributed by atoms with Crippen molar-refractivity contribution in [2.75, 3.05) is 19.6 Å². The van der Waals surface area contributed by atoms with E-state index in [9.17, 15) is 0 Å². The third kappa shape index (κ3) is 1.52. The van der Waals surface area contributed by atoms with Crippen molar-refractivity contribution in [2.45, 2.75) is 6.10 Å². The zero-order valence-corrected chi connectivity index (χ0v) is 7.86. The van der Waals surface area contributed by atoms with Gasteiger partial charge in [0.1, 0.15) is 12.4 Å². The summed E-state index contributed by atoms with van der Waals surface area (Å²) in [4.78, 5) is 4.00. The first kappa shape index (κ1) is 5.39. The lowest BCUT2D eigenvalue weighted by atomic mass is 10.2. The van der Waals surface area contributed by atoms with E-state index >= 15 is 0 Å². The monoisotopic (exact) mass is 208 g/mol. The lowest BCUT2D eigenvalue weighted by Gasteiger charge is -2.26. The number of nitrogens with zero attached hydrogens (tertiary/aromatic N) is 1. The van der Waals surface area contributed by atoms with Crippen molar-refractivity contribution in [3.8, 4) is 11.5 Å². The number of rotatable bonds is 1. The molecular formula is C11H12N2O2. The predicted molar refractivity (Wildman–Crippen MR) is 56.7 cm³/mol. The zero-order chi connectivity index (χ0) is 13.6. The third-order valence-corrected chi connectivity index (χ3v) is 2.22. The van der Waals surface area contributed by atoms with Crippen molar-refractivity contribution < 1.29 is 15.0 Å². The maximum atomic E-state index is 7.57. The first-order valence-corrected chi connectivity index (χ1v) is 4.64. The largest absolute Gasteiger partial charge is 0.485 e. The highest BCUT2D eigenvalue weighted by Gasteiger charge is 2.26. The molecule has 0 saturated carbocycles. The van der Waals surface area contributed by atoms with Gasteiger partial charge in [-0.2, -0.15) is 0 Å². The summed E-state index contributed by atoms with van der Waals surface area (Å²) in [6.07, 6.45) is -0.508. The van der Waals surface area contributed by atoms with E-state index in [4.69, 9.17) is 15.0 Å². The first-order chi connectivity index (χ1) is 9.04. The number of aliphatic imine (C=N–C) groups is 1. The summed E-state index contributed by atoms with van der Waals surface area (Å²) in [7, 11) is 0. The second-order valence-electron chi connectivity index (χ2n) is 3.20. The van der Waals surface area contributed by atoms with Crippen LogP contribution in [0.2, 0.25) is 0 Å². The van der Waals surface area contributed by atoms with Crippen molar-refractivity contribution in [1.29, 1.82) is 0 Å². The molecule has 0 fully saturated rings. The molecule has 2 heterocycles. The summed E-state index contributed by atoms with van der Waals surface area (Å²) in [5, 5.41) is 2.77. The number of nitrogens with one attached hydrogen (secondary N) is 1. The van der Waals surface area contributed by atoms with Gasteiger partial charge in [-0.25, -0.2) is 0 Å². The Labute approximate surface area is 93.5 Å². The van der Waals surface area contributed by atoms with Crippen molar-refractivity contribution in [3.63, 3.8) is 0 Å². The molecule has 3 rings (SSSR count). The summed E-state index contributed by atoms with van der Waals surface area (Å²) >= 11 is 0. The van der Waals surface area contributed by atoms with Gasteiger partial charge in [-0.15, -0.1) is 0 Å². The number of fused-ring (bicyclic) bond motifs is 1. The van der Waals surface area contributed by atoms with Gasteiger partial charge in [-0.05, 0) is 12.1 Å². The van der Waals surface area contributed by atoms with Gasteiger partial charge in [0.15, 0.2) is 17.6 Å². The number of hydrogen-bond acceptors (Lipinski definition) is 4. The molecule has 3 unspecified atom stereocenters. The van der Waals surface area contributed by atoms with Gasteiger partial charge >= 0.3 is 0 Å². The number of para-hydroxylation sites is 2. The molecule has 2 aliphatic heterocycles. The van der Waals surface area contributed by atoms with Crippen LogP contribution in [0.15, 0.2) is 29.2 Å². The molecule has 1 aromatic rings. The molecule has 1 N–H and O–H groups in total. The Kier molecular flexibility index (Phi) is 1.24. The van der Waals surface area contributed by atoms with Gasteiger partial charge in [0, 0.05) is 6.52 Å². The molecule has 4 heteroatoms. The highest BCUT2D eigenvalue weighted by Crippen LogP contribution is 2.31. The average Bonchev–Trinajstić information content (AvgIpc) is 2.71. The van der Waals surface area contributed by atoms with E-state index in [-0.39, 0.29) is 18.7 Å². The molecule has 78 valence electrons. The minimum atomic E-state index is -0.859. The lowest BCUT2D eigenvalue weighted by molar-refractivity contribution is 0.133. The van der Waals surface area contributed by atoms with E-state index in [1.54, 1.807) is 0 Å². The number of ether oxygens (including phenoxy) is 2. The molecule has 0 aromatic heterocycles. The SMILES string of the molecule is [2H]c1cc2c(cc1[2H])OC(C1=NC([2H])C([2H])N1)CO2. The maximum Gasteiger partial charge on any atom is 0.189 e. The Hall–Kier alpha value is -1.71.